The van der Waals surface area contributed by atoms with E-state index in [0.717, 1.165) is 6.42 Å². The largest absolute Gasteiger partial charge is 0.469 e. The summed E-state index contributed by atoms with van der Waals surface area (Å²) in [6, 6.07) is 0. The van der Waals surface area contributed by atoms with E-state index in [1.807, 2.05) is 0 Å². The Balaban J connectivity index is 0. The van der Waals surface area contributed by atoms with Crippen LogP contribution in [0.1, 0.15) is 34.1 Å². The number of carbonyl (C=O) groups is 1. The smallest absolute Gasteiger partial charge is 0.302 e. The number of rotatable bonds is 2. The standard InChI is InChI=1S/C6H14O.C3H6O2/c1-5-6(2,3)7-4;1-3(4)5-2/h5H2,1-4H3;1-2H3. The van der Waals surface area contributed by atoms with Crippen LogP contribution in [0.15, 0.2) is 0 Å². The Bertz CT molecular complexity index is 113. The third-order valence-corrected chi connectivity index (χ3v) is 1.69. The van der Waals surface area contributed by atoms with Gasteiger partial charge in [-0.1, -0.05) is 6.92 Å². The van der Waals surface area contributed by atoms with Crippen LogP contribution in [0.2, 0.25) is 0 Å². The zero-order valence-corrected chi connectivity index (χ0v) is 8.93. The zero-order chi connectivity index (χ0) is 10.2. The molecule has 0 fully saturated rings. The molecule has 0 spiro atoms. The van der Waals surface area contributed by atoms with E-state index >= 15 is 0 Å². The van der Waals surface area contributed by atoms with E-state index in [1.54, 1.807) is 7.11 Å². The molecule has 0 N–H and O–H groups in total. The summed E-state index contributed by atoms with van der Waals surface area (Å²) in [5, 5.41) is 0. The number of carbonyl (C=O) groups excluding carboxylic acids is 1. The minimum atomic E-state index is -0.245. The molecule has 0 amide bonds. The quantitative estimate of drug-likeness (QED) is 0.604. The average Bonchev–Trinajstić information content (AvgIpc) is 2.05. The number of hydrogen-bond donors (Lipinski definition) is 0. The van der Waals surface area contributed by atoms with Gasteiger partial charge in [-0.3, -0.25) is 4.79 Å². The van der Waals surface area contributed by atoms with E-state index in [0.29, 0.717) is 0 Å². The molecular formula is C9H20O3. The molecule has 0 saturated carbocycles. The monoisotopic (exact) mass is 176 g/mol. The van der Waals surface area contributed by atoms with Gasteiger partial charge < -0.3 is 9.47 Å². The predicted molar refractivity (Wildman–Crippen MR) is 49.1 cm³/mol. The van der Waals surface area contributed by atoms with Crippen molar-refractivity contribution in [3.63, 3.8) is 0 Å². The maximum Gasteiger partial charge on any atom is 0.302 e. The second-order valence-electron chi connectivity index (χ2n) is 3.01. The maximum absolute atomic E-state index is 9.59. The van der Waals surface area contributed by atoms with E-state index in [-0.39, 0.29) is 11.6 Å². The van der Waals surface area contributed by atoms with Gasteiger partial charge >= 0.3 is 5.97 Å². The fourth-order valence-electron chi connectivity index (χ4n) is 0.144. The third kappa shape index (κ3) is 12.1. The molecule has 0 rings (SSSR count). The van der Waals surface area contributed by atoms with Gasteiger partial charge in [0, 0.05) is 14.0 Å². The minimum Gasteiger partial charge on any atom is -0.469 e. The molecule has 0 heterocycles. The SMILES string of the molecule is CCC(C)(C)OC.COC(C)=O. The Kier molecular flexibility index (Phi) is 8.27. The summed E-state index contributed by atoms with van der Waals surface area (Å²) in [6.07, 6.45) is 1.07. The summed E-state index contributed by atoms with van der Waals surface area (Å²) in [7, 11) is 3.09. The minimum absolute atomic E-state index is 0.0833. The van der Waals surface area contributed by atoms with Crippen LogP contribution in [0.5, 0.6) is 0 Å². The first-order valence-electron chi connectivity index (χ1n) is 3.99. The Morgan fingerprint density at radius 3 is 1.67 bits per heavy atom. The van der Waals surface area contributed by atoms with Gasteiger partial charge in [0.25, 0.3) is 0 Å². The van der Waals surface area contributed by atoms with E-state index in [4.69, 9.17) is 4.74 Å². The number of esters is 1. The van der Waals surface area contributed by atoms with Crippen LogP contribution in [0, 0.1) is 0 Å². The summed E-state index contributed by atoms with van der Waals surface area (Å²) < 4.78 is 9.20. The fraction of sp³-hybridized carbons (Fsp3) is 0.889. The van der Waals surface area contributed by atoms with Gasteiger partial charge in [0.05, 0.1) is 12.7 Å². The summed E-state index contributed by atoms with van der Waals surface area (Å²) >= 11 is 0. The molecule has 0 aliphatic rings. The average molecular weight is 176 g/mol. The summed E-state index contributed by atoms with van der Waals surface area (Å²) in [5.74, 6) is -0.245. The van der Waals surface area contributed by atoms with Crippen molar-refractivity contribution in [1.82, 2.24) is 0 Å². The molecule has 0 aliphatic heterocycles. The highest BCUT2D eigenvalue weighted by Gasteiger charge is 2.10. The van der Waals surface area contributed by atoms with Crippen molar-refractivity contribution in [3.8, 4) is 0 Å². The summed E-state index contributed by atoms with van der Waals surface area (Å²) in [5.41, 5.74) is 0.0833. The van der Waals surface area contributed by atoms with E-state index < -0.39 is 0 Å². The second kappa shape index (κ2) is 7.10. The first-order valence-corrected chi connectivity index (χ1v) is 3.99. The molecule has 0 aromatic carbocycles. The lowest BCUT2D eigenvalue weighted by Crippen LogP contribution is -2.20. The van der Waals surface area contributed by atoms with Gasteiger partial charge in [-0.05, 0) is 20.3 Å². The first-order chi connectivity index (χ1) is 5.39. The summed E-state index contributed by atoms with van der Waals surface area (Å²) in [6.45, 7) is 7.63. The lowest BCUT2D eigenvalue weighted by molar-refractivity contribution is -0.137. The van der Waals surface area contributed by atoms with Crippen LogP contribution in [0.4, 0.5) is 0 Å². The van der Waals surface area contributed by atoms with Crippen LogP contribution in [-0.4, -0.2) is 25.8 Å². The predicted octanol–water partition coefficient (Wildman–Crippen LogP) is 2.00. The van der Waals surface area contributed by atoms with Gasteiger partial charge in [0.1, 0.15) is 0 Å². The third-order valence-electron chi connectivity index (χ3n) is 1.69. The van der Waals surface area contributed by atoms with Gasteiger partial charge in [0.15, 0.2) is 0 Å². The molecule has 0 atom stereocenters. The van der Waals surface area contributed by atoms with E-state index in [1.165, 1.54) is 14.0 Å². The normalized spacial score (nSPS) is 9.83. The van der Waals surface area contributed by atoms with Crippen molar-refractivity contribution in [1.29, 1.82) is 0 Å². The molecule has 3 heteroatoms. The molecule has 0 radical (unpaired) electrons. The Morgan fingerprint density at radius 2 is 1.67 bits per heavy atom. The molecule has 12 heavy (non-hydrogen) atoms. The number of hydrogen-bond acceptors (Lipinski definition) is 3. The molecule has 0 aliphatic carbocycles. The Hall–Kier alpha value is -0.570. The molecule has 0 aromatic rings. The second-order valence-corrected chi connectivity index (χ2v) is 3.01. The van der Waals surface area contributed by atoms with Gasteiger partial charge in [-0.15, -0.1) is 0 Å². The molecule has 0 saturated heterocycles. The van der Waals surface area contributed by atoms with Crippen LogP contribution in [-0.2, 0) is 14.3 Å². The summed E-state index contributed by atoms with van der Waals surface area (Å²) in [4.78, 5) is 9.59. The topological polar surface area (TPSA) is 35.5 Å². The van der Waals surface area contributed by atoms with Crippen molar-refractivity contribution in [2.24, 2.45) is 0 Å². The molecule has 0 unspecified atom stereocenters. The highest BCUT2D eigenvalue weighted by atomic mass is 16.5. The lowest BCUT2D eigenvalue weighted by Gasteiger charge is -2.19. The van der Waals surface area contributed by atoms with Crippen molar-refractivity contribution >= 4 is 5.97 Å². The van der Waals surface area contributed by atoms with E-state index in [2.05, 4.69) is 25.5 Å². The van der Waals surface area contributed by atoms with Crippen LogP contribution in [0.25, 0.3) is 0 Å². The molecule has 3 nitrogen and oxygen atoms in total. The van der Waals surface area contributed by atoms with Crippen LogP contribution < -0.4 is 0 Å². The molecular weight excluding hydrogens is 156 g/mol. The Labute approximate surface area is 75.1 Å². The van der Waals surface area contributed by atoms with Crippen molar-refractivity contribution in [2.45, 2.75) is 39.7 Å². The maximum atomic E-state index is 9.59. The van der Waals surface area contributed by atoms with Crippen molar-refractivity contribution in [2.75, 3.05) is 14.2 Å². The van der Waals surface area contributed by atoms with Crippen LogP contribution in [0.3, 0.4) is 0 Å². The Morgan fingerprint density at radius 1 is 1.33 bits per heavy atom. The van der Waals surface area contributed by atoms with Crippen molar-refractivity contribution < 1.29 is 14.3 Å². The van der Waals surface area contributed by atoms with Gasteiger partial charge in [-0.25, -0.2) is 0 Å². The number of methoxy groups -OCH3 is 2. The highest BCUT2D eigenvalue weighted by molar-refractivity contribution is 5.65. The molecule has 0 aromatic heterocycles. The first kappa shape index (κ1) is 14.0. The van der Waals surface area contributed by atoms with Gasteiger partial charge in [0.2, 0.25) is 0 Å². The molecule has 74 valence electrons. The van der Waals surface area contributed by atoms with Crippen LogP contribution >= 0.6 is 0 Å². The van der Waals surface area contributed by atoms with E-state index in [9.17, 15) is 4.79 Å². The lowest BCUT2D eigenvalue weighted by atomic mass is 10.1. The zero-order valence-electron chi connectivity index (χ0n) is 8.93. The number of ether oxygens (including phenoxy) is 2. The highest BCUT2D eigenvalue weighted by Crippen LogP contribution is 2.10. The van der Waals surface area contributed by atoms with Crippen molar-refractivity contribution in [3.05, 3.63) is 0 Å². The fourth-order valence-corrected chi connectivity index (χ4v) is 0.144. The van der Waals surface area contributed by atoms with Gasteiger partial charge in [-0.2, -0.15) is 0 Å². The molecule has 0 bridgehead atoms.